The maximum Gasteiger partial charge on any atom is 0.0900 e. The van der Waals surface area contributed by atoms with Crippen LogP contribution in [0.25, 0.3) is 0 Å². The molecule has 82 valence electrons. The molecule has 14 heavy (non-hydrogen) atoms. The number of nitrogens with zero attached hydrogens (tertiary/aromatic N) is 1. The van der Waals surface area contributed by atoms with Crippen molar-refractivity contribution in [2.45, 2.75) is 44.2 Å². The zero-order chi connectivity index (χ0) is 10.0. The highest BCUT2D eigenvalue weighted by atomic mass is 16.5. The van der Waals surface area contributed by atoms with Crippen molar-refractivity contribution in [3.8, 4) is 0 Å². The molecule has 0 spiro atoms. The van der Waals surface area contributed by atoms with E-state index < -0.39 is 0 Å². The van der Waals surface area contributed by atoms with Gasteiger partial charge in [-0.25, -0.2) is 0 Å². The number of hydrogen-bond donors (Lipinski definition) is 1. The van der Waals surface area contributed by atoms with Crippen molar-refractivity contribution >= 4 is 0 Å². The van der Waals surface area contributed by atoms with Crippen LogP contribution < -0.4 is 0 Å². The quantitative estimate of drug-likeness (QED) is 0.736. The lowest BCUT2D eigenvalue weighted by atomic mass is 9.86. The molecule has 2 saturated heterocycles. The molecule has 3 nitrogen and oxygen atoms in total. The molecule has 2 rings (SSSR count). The van der Waals surface area contributed by atoms with Gasteiger partial charge in [0.1, 0.15) is 0 Å². The lowest BCUT2D eigenvalue weighted by Gasteiger charge is -2.51. The molecular weight excluding hydrogens is 178 g/mol. The summed E-state index contributed by atoms with van der Waals surface area (Å²) in [4.78, 5) is 2.41. The summed E-state index contributed by atoms with van der Waals surface area (Å²) in [5.41, 5.74) is -0.368. The molecule has 2 aliphatic heterocycles. The van der Waals surface area contributed by atoms with Crippen LogP contribution in [0.5, 0.6) is 0 Å². The van der Waals surface area contributed by atoms with Gasteiger partial charge in [0, 0.05) is 32.3 Å². The molecule has 0 saturated carbocycles. The van der Waals surface area contributed by atoms with Crippen LogP contribution in [0.4, 0.5) is 0 Å². The molecule has 0 aromatic rings. The van der Waals surface area contributed by atoms with Gasteiger partial charge >= 0.3 is 0 Å². The van der Waals surface area contributed by atoms with E-state index >= 15 is 0 Å². The first kappa shape index (κ1) is 10.4. The average molecular weight is 199 g/mol. The normalized spacial score (nSPS) is 28.7. The molecular formula is C11H21NO2. The summed E-state index contributed by atoms with van der Waals surface area (Å²) < 4.78 is 5.33. The fraction of sp³-hybridized carbons (Fsp3) is 1.00. The van der Waals surface area contributed by atoms with Crippen molar-refractivity contribution in [3.63, 3.8) is 0 Å². The third kappa shape index (κ3) is 2.10. The first-order chi connectivity index (χ1) is 6.73. The summed E-state index contributed by atoms with van der Waals surface area (Å²) in [6, 6.07) is 0.667. The Kier molecular flexibility index (Phi) is 3.10. The van der Waals surface area contributed by atoms with Crippen molar-refractivity contribution in [3.05, 3.63) is 0 Å². The summed E-state index contributed by atoms with van der Waals surface area (Å²) in [6.07, 6.45) is 4.31. The SMILES string of the molecule is CCCC1(O)CN(C2CCOCC2)C1. The van der Waals surface area contributed by atoms with Gasteiger partial charge in [0.15, 0.2) is 0 Å². The smallest absolute Gasteiger partial charge is 0.0900 e. The maximum absolute atomic E-state index is 10.0. The third-order valence-electron chi connectivity index (χ3n) is 3.42. The monoisotopic (exact) mass is 199 g/mol. The first-order valence-corrected chi connectivity index (χ1v) is 5.78. The van der Waals surface area contributed by atoms with Crippen molar-refractivity contribution in [1.82, 2.24) is 4.90 Å². The Bertz CT molecular complexity index is 184. The van der Waals surface area contributed by atoms with Gasteiger partial charge in [0.25, 0.3) is 0 Å². The molecule has 0 aliphatic carbocycles. The first-order valence-electron chi connectivity index (χ1n) is 5.78. The van der Waals surface area contributed by atoms with Gasteiger partial charge in [-0.3, -0.25) is 4.90 Å². The summed E-state index contributed by atoms with van der Waals surface area (Å²) in [7, 11) is 0. The Balaban J connectivity index is 1.75. The van der Waals surface area contributed by atoms with Gasteiger partial charge in [-0.05, 0) is 19.3 Å². The fourth-order valence-electron chi connectivity index (χ4n) is 2.64. The number of β-amino-alcohol motifs (C(OH)–C–C–N with tert-alkyl or cyclic N) is 1. The van der Waals surface area contributed by atoms with E-state index in [1.807, 2.05) is 0 Å². The maximum atomic E-state index is 10.0. The van der Waals surface area contributed by atoms with Crippen LogP contribution in [0.3, 0.4) is 0 Å². The second-order valence-electron chi connectivity index (χ2n) is 4.72. The van der Waals surface area contributed by atoms with Gasteiger partial charge in [-0.1, -0.05) is 13.3 Å². The molecule has 2 fully saturated rings. The van der Waals surface area contributed by atoms with Crippen LogP contribution in [-0.2, 0) is 4.74 Å². The van der Waals surface area contributed by atoms with Crippen molar-refractivity contribution in [2.75, 3.05) is 26.3 Å². The van der Waals surface area contributed by atoms with E-state index in [1.165, 1.54) is 0 Å². The van der Waals surface area contributed by atoms with E-state index in [4.69, 9.17) is 4.74 Å². The van der Waals surface area contributed by atoms with Gasteiger partial charge in [0.2, 0.25) is 0 Å². The van der Waals surface area contributed by atoms with Gasteiger partial charge in [0.05, 0.1) is 5.60 Å². The molecule has 2 aliphatic rings. The summed E-state index contributed by atoms with van der Waals surface area (Å²) in [5.74, 6) is 0. The van der Waals surface area contributed by atoms with Gasteiger partial charge in [-0.2, -0.15) is 0 Å². The summed E-state index contributed by atoms with van der Waals surface area (Å²) in [5, 5.41) is 10.0. The van der Waals surface area contributed by atoms with E-state index in [2.05, 4.69) is 11.8 Å². The van der Waals surface area contributed by atoms with Crippen LogP contribution in [0, 0.1) is 0 Å². The molecule has 0 bridgehead atoms. The number of likely N-dealkylation sites (tertiary alicyclic amines) is 1. The molecule has 1 N–H and O–H groups in total. The van der Waals surface area contributed by atoms with E-state index in [0.29, 0.717) is 6.04 Å². The minimum atomic E-state index is -0.368. The molecule has 0 aromatic carbocycles. The largest absolute Gasteiger partial charge is 0.387 e. The minimum absolute atomic E-state index is 0.368. The minimum Gasteiger partial charge on any atom is -0.387 e. The standard InChI is InChI=1S/C11H21NO2/c1-2-5-11(13)8-12(9-11)10-3-6-14-7-4-10/h10,13H,2-9H2,1H3. The molecule has 0 amide bonds. The van der Waals surface area contributed by atoms with Gasteiger partial charge < -0.3 is 9.84 Å². The van der Waals surface area contributed by atoms with E-state index in [0.717, 1.165) is 52.0 Å². The number of rotatable bonds is 3. The molecule has 0 radical (unpaired) electrons. The molecule has 0 unspecified atom stereocenters. The highest BCUT2D eigenvalue weighted by Gasteiger charge is 2.43. The molecule has 0 atom stereocenters. The van der Waals surface area contributed by atoms with Crippen LogP contribution >= 0.6 is 0 Å². The Hall–Kier alpha value is -0.120. The zero-order valence-electron chi connectivity index (χ0n) is 9.04. The summed E-state index contributed by atoms with van der Waals surface area (Å²) in [6.45, 7) is 5.69. The second-order valence-corrected chi connectivity index (χ2v) is 4.72. The Labute approximate surface area is 86.0 Å². The Morgan fingerprint density at radius 3 is 2.57 bits per heavy atom. The van der Waals surface area contributed by atoms with Crippen molar-refractivity contribution < 1.29 is 9.84 Å². The highest BCUT2D eigenvalue weighted by Crippen LogP contribution is 2.30. The average Bonchev–Trinajstić information content (AvgIpc) is 2.16. The lowest BCUT2D eigenvalue weighted by molar-refractivity contribution is -0.132. The van der Waals surface area contributed by atoms with Gasteiger partial charge in [-0.15, -0.1) is 0 Å². The number of hydrogen-bond acceptors (Lipinski definition) is 3. The van der Waals surface area contributed by atoms with E-state index in [1.54, 1.807) is 0 Å². The number of aliphatic hydroxyl groups is 1. The predicted molar refractivity (Wildman–Crippen MR) is 55.3 cm³/mol. The van der Waals surface area contributed by atoms with Crippen molar-refractivity contribution in [1.29, 1.82) is 0 Å². The third-order valence-corrected chi connectivity index (χ3v) is 3.42. The van der Waals surface area contributed by atoms with Crippen LogP contribution in [0.15, 0.2) is 0 Å². The topological polar surface area (TPSA) is 32.7 Å². The fourth-order valence-corrected chi connectivity index (χ4v) is 2.64. The van der Waals surface area contributed by atoms with Crippen molar-refractivity contribution in [2.24, 2.45) is 0 Å². The van der Waals surface area contributed by atoms with Crippen LogP contribution in [0.1, 0.15) is 32.6 Å². The molecule has 0 aromatic heterocycles. The predicted octanol–water partition coefficient (Wildman–Crippen LogP) is 1.01. The van der Waals surface area contributed by atoms with Crippen LogP contribution in [0.2, 0.25) is 0 Å². The lowest BCUT2D eigenvalue weighted by Crippen LogP contribution is -2.65. The summed E-state index contributed by atoms with van der Waals surface area (Å²) >= 11 is 0. The van der Waals surface area contributed by atoms with E-state index in [-0.39, 0.29) is 5.60 Å². The Morgan fingerprint density at radius 2 is 2.00 bits per heavy atom. The van der Waals surface area contributed by atoms with E-state index in [9.17, 15) is 5.11 Å². The highest BCUT2D eigenvalue weighted by molar-refractivity contribution is 4.98. The molecule has 3 heteroatoms. The molecule has 2 heterocycles. The zero-order valence-corrected chi connectivity index (χ0v) is 9.04. The number of ether oxygens (including phenoxy) is 1. The van der Waals surface area contributed by atoms with Crippen LogP contribution in [-0.4, -0.2) is 48.0 Å². The Morgan fingerprint density at radius 1 is 1.36 bits per heavy atom. The second kappa shape index (κ2) is 4.17.